The zero-order valence-electron chi connectivity index (χ0n) is 8.11. The predicted molar refractivity (Wildman–Crippen MR) is 58.8 cm³/mol. The zero-order valence-corrected chi connectivity index (χ0v) is 8.87. The maximum atomic E-state index is 5.72. The van der Waals surface area contributed by atoms with Crippen molar-refractivity contribution in [3.63, 3.8) is 0 Å². The highest BCUT2D eigenvalue weighted by Gasteiger charge is 1.99. The molecule has 0 saturated carbocycles. The summed E-state index contributed by atoms with van der Waals surface area (Å²) < 4.78 is 5.56. The molecule has 0 fully saturated rings. The summed E-state index contributed by atoms with van der Waals surface area (Å²) in [5, 5.41) is 0.599. The van der Waals surface area contributed by atoms with E-state index < -0.39 is 0 Å². The Morgan fingerprint density at radius 2 is 1.87 bits per heavy atom. The average molecular weight is 221 g/mol. The molecule has 2 rings (SSSR count). The smallest absolute Gasteiger partial charge is 0.273 e. The second kappa shape index (κ2) is 4.80. The van der Waals surface area contributed by atoms with Gasteiger partial charge in [-0.2, -0.15) is 4.98 Å². The lowest BCUT2D eigenvalue weighted by molar-refractivity contribution is -0.376. The molecule has 0 aliphatic rings. The van der Waals surface area contributed by atoms with Crippen LogP contribution in [0.15, 0.2) is 48.7 Å². The van der Waals surface area contributed by atoms with Gasteiger partial charge in [0.05, 0.1) is 0 Å². The number of hydrogen-bond donors (Lipinski definition) is 0. The number of aromatic nitrogens is 1. The molecule has 2 aromatic rings. The van der Waals surface area contributed by atoms with Gasteiger partial charge in [-0.3, -0.25) is 0 Å². The number of hydrogen-bond acceptors (Lipinski definition) is 1. The minimum atomic E-state index is 0.566. The van der Waals surface area contributed by atoms with Gasteiger partial charge in [-0.25, -0.2) is 0 Å². The van der Waals surface area contributed by atoms with Gasteiger partial charge in [0.1, 0.15) is 6.61 Å². The lowest BCUT2D eigenvalue weighted by atomic mass is 10.2. The van der Waals surface area contributed by atoms with E-state index in [1.165, 1.54) is 0 Å². The summed E-state index contributed by atoms with van der Waals surface area (Å²) >= 11 is 5.72. The lowest BCUT2D eigenvalue weighted by Crippen LogP contribution is -2.04. The summed E-state index contributed by atoms with van der Waals surface area (Å²) in [5.74, 6) is 0.781. The first-order chi connectivity index (χ1) is 7.34. The SMILES string of the molecule is Clc1ccc(OCc2ccccc2)c[nH+]1. The molecule has 1 N–H and O–H groups in total. The van der Waals surface area contributed by atoms with Crippen molar-refractivity contribution in [2.24, 2.45) is 0 Å². The van der Waals surface area contributed by atoms with Crippen LogP contribution in [0.4, 0.5) is 0 Å². The molecule has 0 aliphatic heterocycles. The number of H-pyrrole nitrogens is 1. The molecule has 0 radical (unpaired) electrons. The molecule has 1 aromatic heterocycles. The van der Waals surface area contributed by atoms with Gasteiger partial charge in [0, 0.05) is 6.07 Å². The van der Waals surface area contributed by atoms with E-state index in [4.69, 9.17) is 16.3 Å². The number of nitrogens with one attached hydrogen (secondary N) is 1. The van der Waals surface area contributed by atoms with Gasteiger partial charge >= 0.3 is 0 Å². The molecule has 0 saturated heterocycles. The van der Waals surface area contributed by atoms with Crippen molar-refractivity contribution >= 4 is 11.6 Å². The van der Waals surface area contributed by atoms with Crippen LogP contribution in [-0.2, 0) is 6.61 Å². The van der Waals surface area contributed by atoms with E-state index >= 15 is 0 Å². The normalized spacial score (nSPS) is 9.93. The van der Waals surface area contributed by atoms with Gasteiger partial charge in [0.15, 0.2) is 5.75 Å². The fourth-order valence-electron chi connectivity index (χ4n) is 1.22. The second-order valence-corrected chi connectivity index (χ2v) is 3.55. The van der Waals surface area contributed by atoms with Crippen molar-refractivity contribution in [2.45, 2.75) is 6.61 Å². The van der Waals surface area contributed by atoms with E-state index in [2.05, 4.69) is 4.98 Å². The Morgan fingerprint density at radius 3 is 2.53 bits per heavy atom. The Morgan fingerprint density at radius 1 is 1.07 bits per heavy atom. The summed E-state index contributed by atoms with van der Waals surface area (Å²) in [6.07, 6.45) is 1.74. The monoisotopic (exact) mass is 220 g/mol. The van der Waals surface area contributed by atoms with E-state index in [1.807, 2.05) is 36.4 Å². The average Bonchev–Trinajstić information content (AvgIpc) is 2.30. The standard InChI is InChI=1S/C12H10ClNO/c13-12-7-6-11(8-14-12)15-9-10-4-2-1-3-5-10/h1-8H,9H2/p+1. The van der Waals surface area contributed by atoms with E-state index in [-0.39, 0.29) is 0 Å². The predicted octanol–water partition coefficient (Wildman–Crippen LogP) is 2.73. The molecule has 76 valence electrons. The molecule has 0 unspecified atom stereocenters. The third-order valence-electron chi connectivity index (χ3n) is 1.99. The van der Waals surface area contributed by atoms with Crippen molar-refractivity contribution in [2.75, 3.05) is 0 Å². The topological polar surface area (TPSA) is 23.4 Å². The number of ether oxygens (including phenoxy) is 1. The van der Waals surface area contributed by atoms with E-state index in [0.29, 0.717) is 11.8 Å². The minimum absolute atomic E-state index is 0.566. The van der Waals surface area contributed by atoms with Gasteiger partial charge in [0.25, 0.3) is 5.15 Å². The Labute approximate surface area is 93.5 Å². The van der Waals surface area contributed by atoms with Crippen LogP contribution in [0, 0.1) is 0 Å². The molecule has 0 aliphatic carbocycles. The van der Waals surface area contributed by atoms with E-state index in [1.54, 1.807) is 12.3 Å². The zero-order chi connectivity index (χ0) is 10.5. The lowest BCUT2D eigenvalue weighted by Gasteiger charge is -2.03. The Hall–Kier alpha value is -1.54. The number of rotatable bonds is 3. The Balaban J connectivity index is 1.96. The Kier molecular flexibility index (Phi) is 3.20. The van der Waals surface area contributed by atoms with Crippen LogP contribution < -0.4 is 9.72 Å². The molecular formula is C12H11ClNO+. The molecule has 1 heterocycles. The maximum Gasteiger partial charge on any atom is 0.273 e. The van der Waals surface area contributed by atoms with E-state index in [0.717, 1.165) is 11.3 Å². The highest BCUT2D eigenvalue weighted by molar-refractivity contribution is 6.28. The van der Waals surface area contributed by atoms with Crippen LogP contribution >= 0.6 is 11.6 Å². The van der Waals surface area contributed by atoms with E-state index in [9.17, 15) is 0 Å². The first-order valence-electron chi connectivity index (χ1n) is 4.68. The van der Waals surface area contributed by atoms with Crippen molar-refractivity contribution in [1.82, 2.24) is 0 Å². The number of pyridine rings is 1. The summed E-state index contributed by atoms with van der Waals surface area (Å²) in [6, 6.07) is 13.6. The van der Waals surface area contributed by atoms with Crippen molar-refractivity contribution in [3.8, 4) is 5.75 Å². The van der Waals surface area contributed by atoms with Gasteiger partial charge in [-0.05, 0) is 23.2 Å². The van der Waals surface area contributed by atoms with Crippen molar-refractivity contribution < 1.29 is 9.72 Å². The third-order valence-corrected chi connectivity index (χ3v) is 2.23. The number of benzene rings is 1. The quantitative estimate of drug-likeness (QED) is 0.730. The molecule has 0 amide bonds. The maximum absolute atomic E-state index is 5.72. The van der Waals surface area contributed by atoms with Crippen LogP contribution in [0.3, 0.4) is 0 Å². The second-order valence-electron chi connectivity index (χ2n) is 3.15. The summed E-state index contributed by atoms with van der Waals surface area (Å²) in [6.45, 7) is 0.566. The molecule has 15 heavy (non-hydrogen) atoms. The molecular weight excluding hydrogens is 210 g/mol. The summed E-state index contributed by atoms with van der Waals surface area (Å²) in [5.41, 5.74) is 1.15. The molecule has 0 atom stereocenters. The third kappa shape index (κ3) is 2.96. The molecule has 3 heteroatoms. The van der Waals surface area contributed by atoms with Crippen molar-refractivity contribution in [1.29, 1.82) is 0 Å². The Bertz CT molecular complexity index is 413. The van der Waals surface area contributed by atoms with Crippen LogP contribution in [-0.4, -0.2) is 0 Å². The first-order valence-corrected chi connectivity index (χ1v) is 5.06. The van der Waals surface area contributed by atoms with Crippen molar-refractivity contribution in [3.05, 3.63) is 59.4 Å². The highest BCUT2D eigenvalue weighted by atomic mass is 35.5. The number of halogens is 1. The fourth-order valence-corrected chi connectivity index (χ4v) is 1.34. The minimum Gasteiger partial charge on any atom is -0.483 e. The molecule has 0 spiro atoms. The highest BCUT2D eigenvalue weighted by Crippen LogP contribution is 2.11. The number of aromatic amines is 1. The van der Waals surface area contributed by atoms with Crippen LogP contribution in [0.25, 0.3) is 0 Å². The van der Waals surface area contributed by atoms with Gasteiger partial charge in [-0.1, -0.05) is 30.3 Å². The van der Waals surface area contributed by atoms with Gasteiger partial charge < -0.3 is 4.74 Å². The fraction of sp³-hybridized carbons (Fsp3) is 0.0833. The van der Waals surface area contributed by atoms with Gasteiger partial charge in [-0.15, -0.1) is 0 Å². The molecule has 1 aromatic carbocycles. The van der Waals surface area contributed by atoms with Crippen LogP contribution in [0.5, 0.6) is 5.75 Å². The molecule has 2 nitrogen and oxygen atoms in total. The summed E-state index contributed by atoms with van der Waals surface area (Å²) in [4.78, 5) is 2.88. The van der Waals surface area contributed by atoms with Gasteiger partial charge in [0.2, 0.25) is 6.20 Å². The van der Waals surface area contributed by atoms with Crippen LogP contribution in [0.2, 0.25) is 5.15 Å². The summed E-state index contributed by atoms with van der Waals surface area (Å²) in [7, 11) is 0. The largest absolute Gasteiger partial charge is 0.483 e. The van der Waals surface area contributed by atoms with Crippen LogP contribution in [0.1, 0.15) is 5.56 Å². The molecule has 0 bridgehead atoms. The first kappa shape index (κ1) is 9.99.